The number of hydrogen-bond acceptors (Lipinski definition) is 6. The van der Waals surface area contributed by atoms with Crippen LogP contribution in [0.3, 0.4) is 0 Å². The van der Waals surface area contributed by atoms with Gasteiger partial charge in [0.05, 0.1) is 21.8 Å². The van der Waals surface area contributed by atoms with Gasteiger partial charge in [-0.15, -0.1) is 0 Å². The molecule has 3 N–H and O–H groups in total. The highest BCUT2D eigenvalue weighted by molar-refractivity contribution is 7.92. The SMILES string of the molecule is CCN1CCN(c2ccc(C(=O)O)cc2NS(=O)(=O)c2c(C)cc(C)cc2C)CC1.O=C(O)C(F)(F)F. The van der Waals surface area contributed by atoms with Crippen LogP contribution in [0, 0.1) is 20.8 Å². The lowest BCUT2D eigenvalue weighted by Gasteiger charge is -2.36. The van der Waals surface area contributed by atoms with Gasteiger partial charge in [0.2, 0.25) is 0 Å². The van der Waals surface area contributed by atoms with Crippen LogP contribution in [0.4, 0.5) is 24.5 Å². The fraction of sp³-hybridized carbons (Fsp3) is 0.417. The largest absolute Gasteiger partial charge is 0.490 e. The molecule has 0 aliphatic carbocycles. The minimum absolute atomic E-state index is 0.0426. The van der Waals surface area contributed by atoms with Crippen LogP contribution in [0.25, 0.3) is 0 Å². The number of rotatable bonds is 6. The normalized spacial score (nSPS) is 14.5. The summed E-state index contributed by atoms with van der Waals surface area (Å²) in [5.41, 5.74) is 3.34. The van der Waals surface area contributed by atoms with E-state index in [0.29, 0.717) is 22.5 Å². The molecule has 2 aromatic rings. The van der Waals surface area contributed by atoms with Gasteiger partial charge in [0.25, 0.3) is 10.0 Å². The average Bonchev–Trinajstić information content (AvgIpc) is 2.77. The van der Waals surface area contributed by atoms with Crippen LogP contribution in [0.2, 0.25) is 0 Å². The number of aromatic carboxylic acids is 1. The Bertz CT molecular complexity index is 1230. The van der Waals surface area contributed by atoms with Crippen molar-refractivity contribution in [2.24, 2.45) is 0 Å². The van der Waals surface area contributed by atoms with Gasteiger partial charge in [-0.25, -0.2) is 18.0 Å². The molecule has 0 amide bonds. The molecule has 1 saturated heterocycles. The number of piperazine rings is 1. The molecule has 0 spiro atoms. The molecule has 9 nitrogen and oxygen atoms in total. The van der Waals surface area contributed by atoms with Crippen molar-refractivity contribution in [2.45, 2.75) is 38.8 Å². The summed E-state index contributed by atoms with van der Waals surface area (Å²) in [6.07, 6.45) is -5.08. The zero-order valence-corrected chi connectivity index (χ0v) is 21.7. The predicted molar refractivity (Wildman–Crippen MR) is 133 cm³/mol. The van der Waals surface area contributed by atoms with Gasteiger partial charge in [-0.05, 0) is 56.6 Å². The summed E-state index contributed by atoms with van der Waals surface area (Å²) >= 11 is 0. The molecule has 1 heterocycles. The highest BCUT2D eigenvalue weighted by Crippen LogP contribution is 2.32. The standard InChI is InChI=1S/C22H29N3O4S.C2HF3O2/c1-5-24-8-10-25(11-9-24)20-7-6-18(22(26)27)14-19(20)23-30(28,29)21-16(3)12-15(2)13-17(21)4;3-2(4,5)1(6)7/h6-7,12-14,23H,5,8-11H2,1-4H3,(H,26,27);(H,6,7). The number of carboxylic acids is 2. The van der Waals surface area contributed by atoms with Gasteiger partial charge in [-0.2, -0.15) is 13.2 Å². The van der Waals surface area contributed by atoms with E-state index in [2.05, 4.69) is 21.4 Å². The molecular weight excluding hydrogens is 515 g/mol. The van der Waals surface area contributed by atoms with E-state index in [0.717, 1.165) is 38.3 Å². The average molecular weight is 546 g/mol. The predicted octanol–water partition coefficient (Wildman–Crippen LogP) is 3.89. The molecule has 0 aromatic heterocycles. The van der Waals surface area contributed by atoms with E-state index < -0.39 is 28.1 Å². The van der Waals surface area contributed by atoms with Gasteiger partial charge in [-0.1, -0.05) is 24.6 Å². The summed E-state index contributed by atoms with van der Waals surface area (Å²) in [5, 5.41) is 16.5. The Labute approximate surface area is 213 Å². The van der Waals surface area contributed by atoms with Crippen LogP contribution in [-0.2, 0) is 14.8 Å². The van der Waals surface area contributed by atoms with Crippen LogP contribution in [0.5, 0.6) is 0 Å². The zero-order valence-electron chi connectivity index (χ0n) is 20.9. The van der Waals surface area contributed by atoms with Crippen molar-refractivity contribution in [3.05, 3.63) is 52.6 Å². The zero-order chi connectivity index (χ0) is 28.1. The molecule has 1 fully saturated rings. The number of aliphatic carboxylic acids is 1. The number of hydrogen-bond donors (Lipinski definition) is 3. The molecule has 1 aliphatic heterocycles. The van der Waals surface area contributed by atoms with Gasteiger partial charge in [-0.3, -0.25) is 4.72 Å². The number of alkyl halides is 3. The molecular formula is C24H30F3N3O6S. The third-order valence-corrected chi connectivity index (χ3v) is 7.43. The van der Waals surface area contributed by atoms with Crippen LogP contribution < -0.4 is 9.62 Å². The summed E-state index contributed by atoms with van der Waals surface area (Å²) in [4.78, 5) is 25.1. The minimum Gasteiger partial charge on any atom is -0.478 e. The molecule has 0 radical (unpaired) electrons. The lowest BCUT2D eigenvalue weighted by Crippen LogP contribution is -2.46. The first-order valence-electron chi connectivity index (χ1n) is 11.3. The number of likely N-dealkylation sites (N-methyl/N-ethyl adjacent to an activating group) is 1. The Hall–Kier alpha value is -3.32. The fourth-order valence-corrected chi connectivity index (χ4v) is 5.64. The Morgan fingerprint density at radius 2 is 1.49 bits per heavy atom. The lowest BCUT2D eigenvalue weighted by atomic mass is 10.1. The smallest absolute Gasteiger partial charge is 0.478 e. The molecule has 2 aromatic carbocycles. The number of aryl methyl sites for hydroxylation is 3. The lowest BCUT2D eigenvalue weighted by molar-refractivity contribution is -0.192. The Kier molecular flexibility index (Phi) is 9.55. The molecule has 0 saturated carbocycles. The molecule has 13 heteroatoms. The maximum Gasteiger partial charge on any atom is 0.490 e. The fourth-order valence-electron chi connectivity index (χ4n) is 4.12. The molecule has 0 atom stereocenters. The van der Waals surface area contributed by atoms with Crippen LogP contribution >= 0.6 is 0 Å². The second-order valence-corrected chi connectivity index (χ2v) is 10.2. The van der Waals surface area contributed by atoms with Gasteiger partial charge >= 0.3 is 18.1 Å². The maximum atomic E-state index is 13.3. The number of nitrogens with zero attached hydrogens (tertiary/aromatic N) is 2. The summed E-state index contributed by atoms with van der Waals surface area (Å²) in [6, 6.07) is 8.28. The van der Waals surface area contributed by atoms with Crippen molar-refractivity contribution in [3.63, 3.8) is 0 Å². The van der Waals surface area contributed by atoms with Gasteiger partial charge in [0, 0.05) is 26.2 Å². The number of anilines is 2. The van der Waals surface area contributed by atoms with Gasteiger partial charge in [0.1, 0.15) is 0 Å². The van der Waals surface area contributed by atoms with Crippen molar-refractivity contribution in [2.75, 3.05) is 42.3 Å². The monoisotopic (exact) mass is 545 g/mol. The summed E-state index contributed by atoms with van der Waals surface area (Å²) in [6.45, 7) is 11.8. The molecule has 0 unspecified atom stereocenters. The Morgan fingerprint density at radius 1 is 0.973 bits per heavy atom. The van der Waals surface area contributed by atoms with E-state index in [-0.39, 0.29) is 10.5 Å². The van der Waals surface area contributed by atoms with Crippen molar-refractivity contribution < 1.29 is 41.4 Å². The van der Waals surface area contributed by atoms with Crippen molar-refractivity contribution >= 4 is 33.3 Å². The number of carbonyl (C=O) groups is 2. The third-order valence-electron chi connectivity index (χ3n) is 5.76. The number of carboxylic acid groups (broad SMARTS) is 2. The van der Waals surface area contributed by atoms with E-state index in [4.69, 9.17) is 9.90 Å². The van der Waals surface area contributed by atoms with Crippen LogP contribution in [0.15, 0.2) is 35.2 Å². The van der Waals surface area contributed by atoms with Crippen molar-refractivity contribution in [3.8, 4) is 0 Å². The first-order chi connectivity index (χ1) is 17.1. The van der Waals surface area contributed by atoms with E-state index in [1.165, 1.54) is 12.1 Å². The van der Waals surface area contributed by atoms with Gasteiger partial charge in [0.15, 0.2) is 0 Å². The summed E-state index contributed by atoms with van der Waals surface area (Å²) in [5.74, 6) is -3.85. The molecule has 3 rings (SSSR count). The summed E-state index contributed by atoms with van der Waals surface area (Å²) in [7, 11) is -3.89. The molecule has 0 bridgehead atoms. The number of sulfonamides is 1. The van der Waals surface area contributed by atoms with Crippen molar-refractivity contribution in [1.29, 1.82) is 0 Å². The van der Waals surface area contributed by atoms with Crippen LogP contribution in [-0.4, -0.2) is 74.4 Å². The third kappa shape index (κ3) is 7.83. The summed E-state index contributed by atoms with van der Waals surface area (Å²) < 4.78 is 61.0. The van der Waals surface area contributed by atoms with E-state index in [1.807, 2.05) is 19.1 Å². The topological polar surface area (TPSA) is 127 Å². The molecule has 37 heavy (non-hydrogen) atoms. The van der Waals surface area contributed by atoms with Gasteiger partial charge < -0.3 is 20.0 Å². The number of nitrogens with one attached hydrogen (secondary N) is 1. The van der Waals surface area contributed by atoms with Crippen LogP contribution in [0.1, 0.15) is 34.0 Å². The molecule has 1 aliphatic rings. The Balaban J connectivity index is 0.000000604. The molecule has 204 valence electrons. The first kappa shape index (κ1) is 29.9. The van der Waals surface area contributed by atoms with E-state index in [1.54, 1.807) is 19.9 Å². The quantitative estimate of drug-likeness (QED) is 0.499. The highest BCUT2D eigenvalue weighted by Gasteiger charge is 2.38. The minimum atomic E-state index is -5.08. The maximum absolute atomic E-state index is 13.3. The second-order valence-electron chi connectivity index (χ2n) is 8.59. The number of halogens is 3. The first-order valence-corrected chi connectivity index (χ1v) is 12.8. The Morgan fingerprint density at radius 3 is 1.92 bits per heavy atom. The van der Waals surface area contributed by atoms with E-state index in [9.17, 15) is 31.5 Å². The second kappa shape index (κ2) is 11.8. The van der Waals surface area contributed by atoms with E-state index >= 15 is 0 Å². The number of benzene rings is 2. The van der Waals surface area contributed by atoms with Crippen molar-refractivity contribution in [1.82, 2.24) is 4.90 Å². The highest BCUT2D eigenvalue weighted by atomic mass is 32.2.